The normalized spacial score (nSPS) is 18.2. The molecular weight excluding hydrogens is 395 g/mol. The molecular formula is C17H18F3N5O2S. The van der Waals surface area contributed by atoms with Crippen LogP contribution in [0.15, 0.2) is 36.2 Å². The van der Waals surface area contributed by atoms with Crippen molar-refractivity contribution in [1.29, 1.82) is 0 Å². The highest BCUT2D eigenvalue weighted by molar-refractivity contribution is 7.19. The number of rotatable bonds is 4. The zero-order valence-corrected chi connectivity index (χ0v) is 15.8. The van der Waals surface area contributed by atoms with Gasteiger partial charge in [0, 0.05) is 25.9 Å². The van der Waals surface area contributed by atoms with Gasteiger partial charge in [-0.05, 0) is 19.1 Å². The predicted octanol–water partition coefficient (Wildman–Crippen LogP) is 3.72. The number of piperidine rings is 1. The zero-order valence-electron chi connectivity index (χ0n) is 14.9. The van der Waals surface area contributed by atoms with Crippen LogP contribution >= 0.6 is 11.3 Å². The minimum atomic E-state index is -4.43. The first-order chi connectivity index (χ1) is 13.4. The summed E-state index contributed by atoms with van der Waals surface area (Å²) in [6.45, 7) is 3.08. The summed E-state index contributed by atoms with van der Waals surface area (Å²) in [5.74, 6) is 0.600. The topological polar surface area (TPSA) is 62.8 Å². The van der Waals surface area contributed by atoms with Crippen LogP contribution < -0.4 is 20.2 Å². The Morgan fingerprint density at radius 3 is 2.57 bits per heavy atom. The van der Waals surface area contributed by atoms with E-state index in [0.29, 0.717) is 36.8 Å². The predicted molar refractivity (Wildman–Crippen MR) is 97.7 cm³/mol. The first-order valence-corrected chi connectivity index (χ1v) is 9.53. The number of nitrogens with one attached hydrogen (secondary N) is 1. The van der Waals surface area contributed by atoms with Crippen molar-refractivity contribution in [2.24, 2.45) is 0 Å². The molecule has 28 heavy (non-hydrogen) atoms. The second-order valence-corrected chi connectivity index (χ2v) is 7.40. The summed E-state index contributed by atoms with van der Waals surface area (Å²) < 4.78 is 45.0. The van der Waals surface area contributed by atoms with E-state index in [9.17, 15) is 13.2 Å². The molecule has 4 rings (SSSR count). The average Bonchev–Trinajstić information content (AvgIpc) is 3.31. The number of halogens is 3. The molecule has 7 nitrogen and oxygen atoms in total. The molecule has 2 aliphatic heterocycles. The Bertz CT molecular complexity index is 864. The fourth-order valence-corrected chi connectivity index (χ4v) is 3.86. The first-order valence-electron chi connectivity index (χ1n) is 8.71. The van der Waals surface area contributed by atoms with Gasteiger partial charge in [0.05, 0.1) is 11.8 Å². The second-order valence-electron chi connectivity index (χ2n) is 6.47. The standard InChI is InChI=1S/C17H18F3N5O2S/c1-11-10-25(23-27-11)16-22-21-15(28-16)24-8-6-12(7-9-24)26-14-5-3-2-4-13(14)17(18,19)20/h2-5,10,12,23H,6-9H2,1H3. The van der Waals surface area contributed by atoms with Crippen molar-refractivity contribution in [2.75, 3.05) is 23.0 Å². The van der Waals surface area contributed by atoms with E-state index in [4.69, 9.17) is 9.57 Å². The molecule has 1 saturated heterocycles. The number of aromatic nitrogens is 2. The van der Waals surface area contributed by atoms with E-state index in [1.165, 1.54) is 23.5 Å². The summed E-state index contributed by atoms with van der Waals surface area (Å²) >= 11 is 1.40. The Balaban J connectivity index is 1.36. The SMILES string of the molecule is CC1=CN(c2nnc(N3CCC(Oc4ccccc4C(F)(F)F)CC3)s2)NO1. The Morgan fingerprint density at radius 1 is 1.18 bits per heavy atom. The third-order valence-corrected chi connectivity index (χ3v) is 5.41. The number of benzene rings is 1. The molecule has 0 saturated carbocycles. The number of alkyl halides is 3. The van der Waals surface area contributed by atoms with Crippen LogP contribution in [0.25, 0.3) is 0 Å². The third-order valence-electron chi connectivity index (χ3n) is 4.42. The summed E-state index contributed by atoms with van der Waals surface area (Å²) in [7, 11) is 0. The van der Waals surface area contributed by atoms with E-state index in [1.807, 2.05) is 6.92 Å². The maximum absolute atomic E-state index is 13.1. The Morgan fingerprint density at radius 2 is 1.89 bits per heavy atom. The lowest BCUT2D eigenvalue weighted by molar-refractivity contribution is -0.139. The first kappa shape index (κ1) is 18.8. The van der Waals surface area contributed by atoms with Crippen LogP contribution in [0.5, 0.6) is 5.75 Å². The number of hydrazine groups is 1. The maximum Gasteiger partial charge on any atom is 0.419 e. The summed E-state index contributed by atoms with van der Waals surface area (Å²) in [4.78, 5) is 7.20. The molecule has 0 radical (unpaired) electrons. The summed E-state index contributed by atoms with van der Waals surface area (Å²) in [6, 6.07) is 5.32. The number of allylic oxidation sites excluding steroid dienone is 1. The largest absolute Gasteiger partial charge is 0.490 e. The van der Waals surface area contributed by atoms with Crippen LogP contribution in [-0.2, 0) is 11.0 Å². The van der Waals surface area contributed by atoms with Gasteiger partial charge in [-0.2, -0.15) is 13.2 Å². The minimum absolute atomic E-state index is 0.117. The van der Waals surface area contributed by atoms with Crippen LogP contribution in [0.1, 0.15) is 25.3 Å². The molecule has 0 atom stereocenters. The molecule has 11 heteroatoms. The zero-order chi connectivity index (χ0) is 19.7. The maximum atomic E-state index is 13.1. The van der Waals surface area contributed by atoms with E-state index >= 15 is 0 Å². The quantitative estimate of drug-likeness (QED) is 0.820. The molecule has 0 bridgehead atoms. The molecule has 150 valence electrons. The molecule has 1 N–H and O–H groups in total. The molecule has 2 aromatic rings. The van der Waals surface area contributed by atoms with Crippen LogP contribution in [0.4, 0.5) is 23.4 Å². The van der Waals surface area contributed by atoms with Gasteiger partial charge in [-0.25, -0.2) is 5.01 Å². The van der Waals surface area contributed by atoms with Gasteiger partial charge in [0.15, 0.2) is 0 Å². The molecule has 2 aliphatic rings. The van der Waals surface area contributed by atoms with Gasteiger partial charge in [0.2, 0.25) is 10.3 Å². The summed E-state index contributed by atoms with van der Waals surface area (Å²) in [5.41, 5.74) is 1.97. The lowest BCUT2D eigenvalue weighted by atomic mass is 10.1. The summed E-state index contributed by atoms with van der Waals surface area (Å²) in [6.07, 6.45) is -1.73. The van der Waals surface area contributed by atoms with Crippen molar-refractivity contribution < 1.29 is 22.7 Å². The van der Waals surface area contributed by atoms with Gasteiger partial charge in [-0.3, -0.25) is 0 Å². The van der Waals surface area contributed by atoms with Crippen LogP contribution in [0.2, 0.25) is 0 Å². The monoisotopic (exact) mass is 413 g/mol. The van der Waals surface area contributed by atoms with Crippen molar-refractivity contribution in [3.63, 3.8) is 0 Å². The molecule has 0 spiro atoms. The molecule has 1 fully saturated rings. The van der Waals surface area contributed by atoms with E-state index in [-0.39, 0.29) is 11.9 Å². The van der Waals surface area contributed by atoms with Gasteiger partial charge in [0.1, 0.15) is 17.6 Å². The lowest BCUT2D eigenvalue weighted by Crippen LogP contribution is -2.38. The second kappa shape index (κ2) is 7.47. The van der Waals surface area contributed by atoms with E-state index in [0.717, 1.165) is 11.2 Å². The van der Waals surface area contributed by atoms with Gasteiger partial charge in [-0.1, -0.05) is 29.1 Å². The van der Waals surface area contributed by atoms with E-state index < -0.39 is 11.7 Å². The van der Waals surface area contributed by atoms with E-state index in [1.54, 1.807) is 17.3 Å². The number of hydrogen-bond donors (Lipinski definition) is 1. The van der Waals surface area contributed by atoms with Crippen molar-refractivity contribution in [3.8, 4) is 5.75 Å². The number of hydrogen-bond acceptors (Lipinski definition) is 8. The Labute approximate surface area is 163 Å². The average molecular weight is 413 g/mol. The molecule has 0 amide bonds. The molecule has 0 unspecified atom stereocenters. The smallest absolute Gasteiger partial charge is 0.419 e. The van der Waals surface area contributed by atoms with Crippen molar-refractivity contribution in [2.45, 2.75) is 32.0 Å². The molecule has 1 aromatic carbocycles. The van der Waals surface area contributed by atoms with Crippen molar-refractivity contribution in [3.05, 3.63) is 41.8 Å². The van der Waals surface area contributed by atoms with Crippen LogP contribution in [0, 0.1) is 0 Å². The highest BCUT2D eigenvalue weighted by atomic mass is 32.1. The third kappa shape index (κ3) is 3.99. The van der Waals surface area contributed by atoms with Gasteiger partial charge >= 0.3 is 6.18 Å². The molecule has 0 aliphatic carbocycles. The molecule has 1 aromatic heterocycles. The number of anilines is 2. The summed E-state index contributed by atoms with van der Waals surface area (Å²) in [5, 5.41) is 11.4. The van der Waals surface area contributed by atoms with E-state index in [2.05, 4.69) is 20.7 Å². The number of nitrogens with zero attached hydrogens (tertiary/aromatic N) is 4. The highest BCUT2D eigenvalue weighted by Gasteiger charge is 2.35. The van der Waals surface area contributed by atoms with Crippen molar-refractivity contribution >= 4 is 21.6 Å². The van der Waals surface area contributed by atoms with Crippen LogP contribution in [0.3, 0.4) is 0 Å². The lowest BCUT2D eigenvalue weighted by Gasteiger charge is -2.32. The number of para-hydroxylation sites is 1. The van der Waals surface area contributed by atoms with Gasteiger partial charge in [-0.15, -0.1) is 10.2 Å². The van der Waals surface area contributed by atoms with Gasteiger partial charge < -0.3 is 14.5 Å². The van der Waals surface area contributed by atoms with Crippen molar-refractivity contribution in [1.82, 2.24) is 15.8 Å². The Kier molecular flexibility index (Phi) is 5.02. The van der Waals surface area contributed by atoms with Crippen LogP contribution in [-0.4, -0.2) is 29.4 Å². The van der Waals surface area contributed by atoms with Gasteiger partial charge in [0.25, 0.3) is 0 Å². The molecule has 3 heterocycles. The fourth-order valence-electron chi connectivity index (χ4n) is 3.03. The number of ether oxygens (including phenoxy) is 1. The fraction of sp³-hybridized carbons (Fsp3) is 0.412. The highest BCUT2D eigenvalue weighted by Crippen LogP contribution is 2.37. The minimum Gasteiger partial charge on any atom is -0.490 e. The Hall–Kier alpha value is -2.53.